The van der Waals surface area contributed by atoms with Crippen molar-refractivity contribution in [3.63, 3.8) is 0 Å². The maximum atomic E-state index is 9.47. The van der Waals surface area contributed by atoms with E-state index in [9.17, 15) is 5.11 Å². The molecule has 3 N–H and O–H groups in total. The third-order valence-electron chi connectivity index (χ3n) is 1.83. The number of phenolic OH excluding ortho intramolecular Hbond substituents is 1. The van der Waals surface area contributed by atoms with E-state index >= 15 is 0 Å². The molecule has 0 amide bonds. The molecular formula is C10H15NO2. The molecule has 1 atom stereocenters. The zero-order chi connectivity index (χ0) is 9.84. The van der Waals surface area contributed by atoms with E-state index in [-0.39, 0.29) is 11.8 Å². The van der Waals surface area contributed by atoms with Crippen LogP contribution in [0.5, 0.6) is 11.5 Å². The lowest BCUT2D eigenvalue weighted by atomic mass is 10.1. The summed E-state index contributed by atoms with van der Waals surface area (Å²) in [7, 11) is 1.60. The van der Waals surface area contributed by atoms with Crippen molar-refractivity contribution in [3.05, 3.63) is 23.8 Å². The van der Waals surface area contributed by atoms with Gasteiger partial charge >= 0.3 is 0 Å². The Labute approximate surface area is 78.1 Å². The van der Waals surface area contributed by atoms with Crippen molar-refractivity contribution in [2.45, 2.75) is 19.4 Å². The van der Waals surface area contributed by atoms with Crippen molar-refractivity contribution in [1.29, 1.82) is 0 Å². The van der Waals surface area contributed by atoms with Crippen LogP contribution >= 0.6 is 0 Å². The van der Waals surface area contributed by atoms with E-state index < -0.39 is 0 Å². The number of hydrogen-bond donors (Lipinski definition) is 2. The van der Waals surface area contributed by atoms with Gasteiger partial charge in [-0.05, 0) is 37.1 Å². The van der Waals surface area contributed by atoms with Crippen LogP contribution in [0.4, 0.5) is 0 Å². The van der Waals surface area contributed by atoms with Gasteiger partial charge in [0.2, 0.25) is 0 Å². The average molecular weight is 181 g/mol. The second-order valence-corrected chi connectivity index (χ2v) is 3.18. The summed E-state index contributed by atoms with van der Waals surface area (Å²) in [5.41, 5.74) is 6.46. The number of hydrogen-bond acceptors (Lipinski definition) is 3. The minimum atomic E-state index is 0.0398. The number of aromatic hydroxyl groups is 1. The van der Waals surface area contributed by atoms with Crippen molar-refractivity contribution in [2.75, 3.05) is 7.11 Å². The quantitative estimate of drug-likeness (QED) is 0.738. The Balaban J connectivity index is 2.90. The molecule has 1 aromatic rings. The summed E-state index contributed by atoms with van der Waals surface area (Å²) < 4.78 is 5.04. The van der Waals surface area contributed by atoms with Crippen molar-refractivity contribution in [2.24, 2.45) is 5.73 Å². The van der Waals surface area contributed by atoms with Gasteiger partial charge in [0.1, 0.15) is 11.5 Å². The highest BCUT2D eigenvalue weighted by molar-refractivity contribution is 5.39. The average Bonchev–Trinajstić information content (AvgIpc) is 2.08. The van der Waals surface area contributed by atoms with Crippen molar-refractivity contribution >= 4 is 0 Å². The lowest BCUT2D eigenvalue weighted by Crippen LogP contribution is -2.17. The van der Waals surface area contributed by atoms with Gasteiger partial charge in [-0.3, -0.25) is 0 Å². The van der Waals surface area contributed by atoms with Gasteiger partial charge in [-0.15, -0.1) is 0 Å². The third-order valence-corrected chi connectivity index (χ3v) is 1.83. The maximum Gasteiger partial charge on any atom is 0.119 e. The number of nitrogens with two attached hydrogens (primary N) is 1. The Morgan fingerprint density at radius 1 is 1.54 bits per heavy atom. The zero-order valence-electron chi connectivity index (χ0n) is 7.95. The molecule has 3 nitrogen and oxygen atoms in total. The summed E-state index contributed by atoms with van der Waals surface area (Å²) in [5.74, 6) is 1.02. The van der Waals surface area contributed by atoms with Crippen LogP contribution < -0.4 is 10.5 Å². The molecule has 0 spiro atoms. The third kappa shape index (κ3) is 2.63. The van der Waals surface area contributed by atoms with E-state index in [2.05, 4.69) is 0 Å². The number of methoxy groups -OCH3 is 1. The molecule has 13 heavy (non-hydrogen) atoms. The normalized spacial score (nSPS) is 12.5. The predicted molar refractivity (Wildman–Crippen MR) is 52.0 cm³/mol. The van der Waals surface area contributed by atoms with Gasteiger partial charge in [0, 0.05) is 6.04 Å². The highest BCUT2D eigenvalue weighted by Crippen LogP contribution is 2.23. The Kier molecular flexibility index (Phi) is 3.14. The maximum absolute atomic E-state index is 9.47. The van der Waals surface area contributed by atoms with E-state index in [0.29, 0.717) is 6.42 Å². The van der Waals surface area contributed by atoms with Gasteiger partial charge in [-0.1, -0.05) is 0 Å². The summed E-state index contributed by atoms with van der Waals surface area (Å²) in [6.07, 6.45) is 0.656. The molecule has 0 bridgehead atoms. The molecule has 1 rings (SSSR count). The first-order valence-corrected chi connectivity index (χ1v) is 4.25. The summed E-state index contributed by atoms with van der Waals surface area (Å²) in [4.78, 5) is 0. The van der Waals surface area contributed by atoms with E-state index in [4.69, 9.17) is 10.5 Å². The van der Waals surface area contributed by atoms with Gasteiger partial charge in [0.05, 0.1) is 7.11 Å². The number of benzene rings is 1. The highest BCUT2D eigenvalue weighted by Gasteiger charge is 2.05. The minimum absolute atomic E-state index is 0.0398. The van der Waals surface area contributed by atoms with Crippen LogP contribution in [0.1, 0.15) is 12.5 Å². The first kappa shape index (κ1) is 9.86. The topological polar surface area (TPSA) is 55.5 Å². The number of rotatable bonds is 3. The highest BCUT2D eigenvalue weighted by atomic mass is 16.5. The number of phenols is 1. The molecule has 0 fully saturated rings. The van der Waals surface area contributed by atoms with Crippen LogP contribution in [0.3, 0.4) is 0 Å². The first-order valence-electron chi connectivity index (χ1n) is 4.25. The Morgan fingerprint density at radius 3 is 2.77 bits per heavy atom. The molecule has 0 aromatic heterocycles. The summed E-state index contributed by atoms with van der Waals surface area (Å²) in [6.45, 7) is 1.90. The van der Waals surface area contributed by atoms with Crippen LogP contribution in [0.2, 0.25) is 0 Å². The molecule has 3 heteroatoms. The van der Waals surface area contributed by atoms with Gasteiger partial charge in [-0.2, -0.15) is 0 Å². The van der Waals surface area contributed by atoms with E-state index in [0.717, 1.165) is 11.3 Å². The van der Waals surface area contributed by atoms with Crippen LogP contribution in [-0.2, 0) is 6.42 Å². The van der Waals surface area contributed by atoms with Gasteiger partial charge in [-0.25, -0.2) is 0 Å². The lowest BCUT2D eigenvalue weighted by Gasteiger charge is -2.09. The van der Waals surface area contributed by atoms with E-state index in [1.54, 1.807) is 25.3 Å². The van der Waals surface area contributed by atoms with Gasteiger partial charge in [0.25, 0.3) is 0 Å². The van der Waals surface area contributed by atoms with Crippen molar-refractivity contribution < 1.29 is 9.84 Å². The summed E-state index contributed by atoms with van der Waals surface area (Å²) in [6, 6.07) is 5.19. The van der Waals surface area contributed by atoms with E-state index in [1.165, 1.54) is 0 Å². The fourth-order valence-corrected chi connectivity index (χ4v) is 1.20. The largest absolute Gasteiger partial charge is 0.508 e. The van der Waals surface area contributed by atoms with Crippen molar-refractivity contribution in [3.8, 4) is 11.5 Å². The molecular weight excluding hydrogens is 166 g/mol. The molecule has 0 heterocycles. The number of ether oxygens (including phenoxy) is 1. The molecule has 0 saturated heterocycles. The van der Waals surface area contributed by atoms with Crippen molar-refractivity contribution in [1.82, 2.24) is 0 Å². The molecule has 0 unspecified atom stereocenters. The molecule has 0 aliphatic rings. The first-order chi connectivity index (χ1) is 6.13. The Bertz CT molecular complexity index is 284. The Morgan fingerprint density at radius 2 is 2.23 bits per heavy atom. The SMILES string of the molecule is COc1ccc(O)c(C[C@@H](C)N)c1. The monoisotopic (exact) mass is 181 g/mol. The minimum Gasteiger partial charge on any atom is -0.508 e. The summed E-state index contributed by atoms with van der Waals surface area (Å²) in [5, 5.41) is 9.47. The van der Waals surface area contributed by atoms with E-state index in [1.807, 2.05) is 6.92 Å². The zero-order valence-corrected chi connectivity index (χ0v) is 7.95. The Hall–Kier alpha value is -1.22. The fourth-order valence-electron chi connectivity index (χ4n) is 1.20. The summed E-state index contributed by atoms with van der Waals surface area (Å²) >= 11 is 0. The standard InChI is InChI=1S/C10H15NO2/c1-7(11)5-8-6-9(13-2)3-4-10(8)12/h3-4,6-7,12H,5,11H2,1-2H3/t7-/m1/s1. The van der Waals surface area contributed by atoms with Crippen LogP contribution in [0.15, 0.2) is 18.2 Å². The van der Waals surface area contributed by atoms with Crippen LogP contribution in [-0.4, -0.2) is 18.3 Å². The fraction of sp³-hybridized carbons (Fsp3) is 0.400. The molecule has 0 saturated carbocycles. The molecule has 0 radical (unpaired) electrons. The lowest BCUT2D eigenvalue weighted by molar-refractivity contribution is 0.410. The van der Waals surface area contributed by atoms with Gasteiger partial charge < -0.3 is 15.6 Å². The molecule has 0 aliphatic heterocycles. The molecule has 72 valence electrons. The second-order valence-electron chi connectivity index (χ2n) is 3.18. The van der Waals surface area contributed by atoms with Crippen LogP contribution in [0, 0.1) is 0 Å². The molecule has 0 aliphatic carbocycles. The second kappa shape index (κ2) is 4.14. The van der Waals surface area contributed by atoms with Crippen LogP contribution in [0.25, 0.3) is 0 Å². The van der Waals surface area contributed by atoms with Gasteiger partial charge in [0.15, 0.2) is 0 Å². The predicted octanol–water partition coefficient (Wildman–Crippen LogP) is 1.29. The molecule has 1 aromatic carbocycles. The smallest absolute Gasteiger partial charge is 0.119 e.